The van der Waals surface area contributed by atoms with Crippen molar-refractivity contribution in [2.24, 2.45) is 5.10 Å². The molecule has 0 unspecified atom stereocenters. The number of sulfonamides is 1. The van der Waals surface area contributed by atoms with Crippen LogP contribution >= 0.6 is 11.6 Å². The number of benzene rings is 3. The summed E-state index contributed by atoms with van der Waals surface area (Å²) in [5.74, 6) is -0.943. The molecule has 202 valence electrons. The molecule has 1 aromatic heterocycles. The Kier molecular flexibility index (Phi) is 8.22. The summed E-state index contributed by atoms with van der Waals surface area (Å²) < 4.78 is 43.6. The van der Waals surface area contributed by atoms with E-state index in [1.54, 1.807) is 49.4 Å². The summed E-state index contributed by atoms with van der Waals surface area (Å²) in [4.78, 5) is 13.0. The predicted octanol–water partition coefficient (Wildman–Crippen LogP) is 5.85. The number of carbonyl (C=O) groups is 1. The molecule has 0 aliphatic rings. The smallest absolute Gasteiger partial charge is 0.264 e. The largest absolute Gasteiger partial charge is 0.318 e. The molecule has 7 nitrogen and oxygen atoms in total. The Labute approximate surface area is 232 Å². The van der Waals surface area contributed by atoms with Gasteiger partial charge >= 0.3 is 0 Å². The average molecular weight is 567 g/mol. The molecule has 0 radical (unpaired) electrons. The van der Waals surface area contributed by atoms with Crippen LogP contribution in [-0.4, -0.2) is 31.7 Å². The van der Waals surface area contributed by atoms with Crippen LogP contribution < -0.4 is 9.73 Å². The molecule has 0 saturated heterocycles. The topological polar surface area (TPSA) is 83.8 Å². The van der Waals surface area contributed by atoms with Gasteiger partial charge in [0, 0.05) is 27.7 Å². The molecular formula is C29H28ClFN4O3S. The minimum atomic E-state index is -4.07. The van der Waals surface area contributed by atoms with E-state index in [2.05, 4.69) is 10.5 Å². The highest BCUT2D eigenvalue weighted by molar-refractivity contribution is 7.92. The van der Waals surface area contributed by atoms with E-state index in [-0.39, 0.29) is 10.7 Å². The standard InChI is InChI=1S/C29H28ClFN4O3S/c1-19-5-12-27(13-6-19)39(37,38)34(28-14-7-24(30)15-20(28)2)18-29(36)33-32-17-23-16-21(3)35(22(23)4)26-10-8-25(31)9-11-26/h5-17H,18H2,1-4H3,(H,33,36)/b32-17+. The summed E-state index contributed by atoms with van der Waals surface area (Å²) in [5.41, 5.74) is 7.57. The Bertz CT molecular complexity index is 1650. The van der Waals surface area contributed by atoms with E-state index in [1.165, 1.54) is 30.5 Å². The van der Waals surface area contributed by atoms with Gasteiger partial charge in [-0.25, -0.2) is 18.2 Å². The van der Waals surface area contributed by atoms with Crippen LogP contribution in [0.3, 0.4) is 0 Å². The van der Waals surface area contributed by atoms with Gasteiger partial charge in [-0.2, -0.15) is 5.10 Å². The van der Waals surface area contributed by atoms with Gasteiger partial charge in [0.1, 0.15) is 12.4 Å². The van der Waals surface area contributed by atoms with E-state index in [4.69, 9.17) is 11.6 Å². The number of hydrogen-bond donors (Lipinski definition) is 1. The zero-order chi connectivity index (χ0) is 28.3. The number of rotatable bonds is 8. The lowest BCUT2D eigenvalue weighted by atomic mass is 10.2. The maximum Gasteiger partial charge on any atom is 0.264 e. The van der Waals surface area contributed by atoms with Gasteiger partial charge < -0.3 is 4.57 Å². The van der Waals surface area contributed by atoms with Gasteiger partial charge in [0.2, 0.25) is 0 Å². The second-order valence-electron chi connectivity index (χ2n) is 9.19. The number of anilines is 1. The van der Waals surface area contributed by atoms with E-state index >= 15 is 0 Å². The highest BCUT2D eigenvalue weighted by atomic mass is 35.5. The van der Waals surface area contributed by atoms with Gasteiger partial charge in [-0.1, -0.05) is 29.3 Å². The first-order valence-corrected chi connectivity index (χ1v) is 13.9. The van der Waals surface area contributed by atoms with E-state index in [9.17, 15) is 17.6 Å². The van der Waals surface area contributed by atoms with E-state index in [1.807, 2.05) is 31.4 Å². The lowest BCUT2D eigenvalue weighted by molar-refractivity contribution is -0.119. The zero-order valence-corrected chi connectivity index (χ0v) is 23.5. The lowest BCUT2D eigenvalue weighted by Crippen LogP contribution is -2.40. The monoisotopic (exact) mass is 566 g/mol. The van der Waals surface area contributed by atoms with Gasteiger partial charge in [-0.3, -0.25) is 9.10 Å². The maximum atomic E-state index is 13.6. The van der Waals surface area contributed by atoms with Gasteiger partial charge in [-0.05, 0) is 93.9 Å². The van der Waals surface area contributed by atoms with Crippen molar-refractivity contribution < 1.29 is 17.6 Å². The first-order valence-electron chi connectivity index (χ1n) is 12.1. The summed E-state index contributed by atoms with van der Waals surface area (Å²) in [6.45, 7) is 6.89. The second-order valence-corrected chi connectivity index (χ2v) is 11.5. The van der Waals surface area contributed by atoms with Crippen molar-refractivity contribution in [3.63, 3.8) is 0 Å². The Morgan fingerprint density at radius 2 is 1.67 bits per heavy atom. The Morgan fingerprint density at radius 3 is 2.31 bits per heavy atom. The first-order chi connectivity index (χ1) is 18.5. The van der Waals surface area contributed by atoms with Gasteiger partial charge in [0.05, 0.1) is 16.8 Å². The number of hydrogen-bond acceptors (Lipinski definition) is 4. The van der Waals surface area contributed by atoms with Crippen molar-refractivity contribution in [1.82, 2.24) is 9.99 Å². The van der Waals surface area contributed by atoms with E-state index in [0.29, 0.717) is 16.3 Å². The molecule has 0 spiro atoms. The van der Waals surface area contributed by atoms with Crippen molar-refractivity contribution in [2.75, 3.05) is 10.8 Å². The molecule has 0 atom stereocenters. The molecule has 1 amide bonds. The summed E-state index contributed by atoms with van der Waals surface area (Å²) in [6, 6.07) is 19.2. The predicted molar refractivity (Wildman–Crippen MR) is 153 cm³/mol. The van der Waals surface area contributed by atoms with Crippen LogP contribution in [-0.2, 0) is 14.8 Å². The van der Waals surface area contributed by atoms with Gasteiger partial charge in [0.15, 0.2) is 0 Å². The average Bonchev–Trinajstić information content (AvgIpc) is 3.16. The summed E-state index contributed by atoms with van der Waals surface area (Å²) in [5, 5.41) is 4.53. The third-order valence-electron chi connectivity index (χ3n) is 6.27. The maximum absolute atomic E-state index is 13.6. The van der Waals surface area contributed by atoms with E-state index < -0.39 is 22.5 Å². The highest BCUT2D eigenvalue weighted by Crippen LogP contribution is 2.29. The van der Waals surface area contributed by atoms with Crippen molar-refractivity contribution >= 4 is 39.4 Å². The van der Waals surface area contributed by atoms with Crippen molar-refractivity contribution in [1.29, 1.82) is 0 Å². The van der Waals surface area contributed by atoms with Crippen molar-refractivity contribution in [3.05, 3.63) is 112 Å². The fourth-order valence-corrected chi connectivity index (χ4v) is 5.99. The molecule has 4 aromatic rings. The Hall–Kier alpha value is -3.95. The molecule has 4 rings (SSSR count). The molecule has 0 saturated carbocycles. The summed E-state index contributed by atoms with van der Waals surface area (Å²) >= 11 is 6.09. The minimum absolute atomic E-state index is 0.0620. The van der Waals surface area contributed by atoms with Crippen LogP contribution in [0.25, 0.3) is 5.69 Å². The number of nitrogens with zero attached hydrogens (tertiary/aromatic N) is 3. The molecule has 39 heavy (non-hydrogen) atoms. The summed E-state index contributed by atoms with van der Waals surface area (Å²) in [7, 11) is -4.07. The molecular weight excluding hydrogens is 539 g/mol. The Morgan fingerprint density at radius 1 is 1.00 bits per heavy atom. The van der Waals surface area contributed by atoms with Crippen molar-refractivity contribution in [2.45, 2.75) is 32.6 Å². The van der Waals surface area contributed by atoms with Crippen molar-refractivity contribution in [3.8, 4) is 5.69 Å². The molecule has 3 aromatic carbocycles. The number of hydrazone groups is 1. The number of carbonyl (C=O) groups excluding carboxylic acids is 1. The second kappa shape index (κ2) is 11.4. The van der Waals surface area contributed by atoms with Crippen LogP contribution in [0, 0.1) is 33.5 Å². The molecule has 0 fully saturated rings. The number of aryl methyl sites for hydroxylation is 3. The minimum Gasteiger partial charge on any atom is -0.318 e. The third-order valence-corrected chi connectivity index (χ3v) is 8.28. The molecule has 10 heteroatoms. The molecule has 0 aliphatic carbocycles. The molecule has 1 N–H and O–H groups in total. The van der Waals surface area contributed by atoms with E-state index in [0.717, 1.165) is 32.5 Å². The number of nitrogens with one attached hydrogen (secondary N) is 1. The number of aromatic nitrogens is 1. The van der Waals surface area contributed by atoms with Gasteiger partial charge in [0.25, 0.3) is 15.9 Å². The van der Waals surface area contributed by atoms with Crippen LogP contribution in [0.1, 0.15) is 28.1 Å². The lowest BCUT2D eigenvalue weighted by Gasteiger charge is -2.25. The number of amides is 1. The van der Waals surface area contributed by atoms with Crippen LogP contribution in [0.4, 0.5) is 10.1 Å². The SMILES string of the molecule is Cc1ccc(S(=O)(=O)N(CC(=O)N/N=C/c2cc(C)n(-c3ccc(F)cc3)c2C)c2ccc(Cl)cc2C)cc1. The van der Waals surface area contributed by atoms with Crippen LogP contribution in [0.15, 0.2) is 82.8 Å². The summed E-state index contributed by atoms with van der Waals surface area (Å²) in [6.07, 6.45) is 1.49. The quantitative estimate of drug-likeness (QED) is 0.214. The van der Waals surface area contributed by atoms with Crippen LogP contribution in [0.5, 0.6) is 0 Å². The highest BCUT2D eigenvalue weighted by Gasteiger charge is 2.28. The fourth-order valence-electron chi connectivity index (χ4n) is 4.28. The normalized spacial score (nSPS) is 11.6. The first kappa shape index (κ1) is 28.1. The van der Waals surface area contributed by atoms with Crippen LogP contribution in [0.2, 0.25) is 5.02 Å². The molecule has 0 bridgehead atoms. The third kappa shape index (κ3) is 6.21. The zero-order valence-electron chi connectivity index (χ0n) is 21.9. The molecule has 1 heterocycles. The molecule has 0 aliphatic heterocycles. The number of halogens is 2. The van der Waals surface area contributed by atoms with Gasteiger partial charge in [-0.15, -0.1) is 0 Å². The Balaban J connectivity index is 1.57. The fraction of sp³-hybridized carbons (Fsp3) is 0.172.